The number of carbonyl (C=O) groups is 2. The molecule has 0 aliphatic carbocycles. The SMILES string of the molecule is NC1NC(=O)C2NCC(C(=O)O)NC2N1. The first kappa shape index (κ1) is 10.3. The Morgan fingerprint density at radius 1 is 1.47 bits per heavy atom. The number of carbonyl (C=O) groups excluding carboxylic acids is 1. The topological polar surface area (TPSA) is 129 Å². The molecular formula is C7H13N5O3. The average molecular weight is 215 g/mol. The highest BCUT2D eigenvalue weighted by Gasteiger charge is 2.40. The van der Waals surface area contributed by atoms with Crippen molar-refractivity contribution < 1.29 is 14.7 Å². The van der Waals surface area contributed by atoms with E-state index in [1.807, 2.05) is 0 Å². The fraction of sp³-hybridized carbons (Fsp3) is 0.714. The molecule has 1 amide bonds. The summed E-state index contributed by atoms with van der Waals surface area (Å²) in [4.78, 5) is 22.2. The van der Waals surface area contributed by atoms with Crippen molar-refractivity contribution in [1.29, 1.82) is 0 Å². The molecule has 0 aromatic rings. The van der Waals surface area contributed by atoms with Gasteiger partial charge in [-0.3, -0.25) is 26.0 Å². The smallest absolute Gasteiger partial charge is 0.322 e. The van der Waals surface area contributed by atoms with Gasteiger partial charge < -0.3 is 15.7 Å². The van der Waals surface area contributed by atoms with Crippen LogP contribution in [-0.2, 0) is 9.59 Å². The standard InChI is InChI=1S/C7H13N5O3/c8-7-11-4-3(5(13)12-7)9-1-2(10-4)6(14)15/h2-4,7,9-11H,1,8H2,(H,12,13)(H,14,15). The first-order chi connectivity index (χ1) is 7.08. The molecule has 0 aromatic carbocycles. The second kappa shape index (κ2) is 3.74. The van der Waals surface area contributed by atoms with Crippen LogP contribution < -0.4 is 27.0 Å². The maximum atomic E-state index is 11.4. The van der Waals surface area contributed by atoms with Gasteiger partial charge in [0.05, 0.1) is 6.17 Å². The third-order valence-corrected chi connectivity index (χ3v) is 2.49. The predicted molar refractivity (Wildman–Crippen MR) is 49.4 cm³/mol. The summed E-state index contributed by atoms with van der Waals surface area (Å²) in [7, 11) is 0. The minimum absolute atomic E-state index is 0.209. The molecule has 2 rings (SSSR count). The molecule has 0 radical (unpaired) electrons. The van der Waals surface area contributed by atoms with Crippen LogP contribution in [0.25, 0.3) is 0 Å². The van der Waals surface area contributed by atoms with E-state index in [0.717, 1.165) is 0 Å². The minimum atomic E-state index is -0.956. The third-order valence-electron chi connectivity index (χ3n) is 2.49. The van der Waals surface area contributed by atoms with Gasteiger partial charge in [0.2, 0.25) is 5.91 Å². The third kappa shape index (κ3) is 1.92. The van der Waals surface area contributed by atoms with Gasteiger partial charge in [-0.15, -0.1) is 0 Å². The fourth-order valence-corrected chi connectivity index (χ4v) is 1.76. The van der Waals surface area contributed by atoms with Crippen LogP contribution in [-0.4, -0.2) is 48.1 Å². The van der Waals surface area contributed by atoms with E-state index in [0.29, 0.717) is 0 Å². The average Bonchev–Trinajstić information content (AvgIpc) is 2.16. The van der Waals surface area contributed by atoms with E-state index < -0.39 is 30.5 Å². The van der Waals surface area contributed by atoms with Gasteiger partial charge in [0.1, 0.15) is 18.4 Å². The van der Waals surface area contributed by atoms with Gasteiger partial charge in [-0.2, -0.15) is 0 Å². The first-order valence-electron chi connectivity index (χ1n) is 4.62. The van der Waals surface area contributed by atoms with Gasteiger partial charge in [0.15, 0.2) is 0 Å². The number of carboxylic acids is 1. The van der Waals surface area contributed by atoms with E-state index in [1.54, 1.807) is 0 Å². The van der Waals surface area contributed by atoms with Gasteiger partial charge >= 0.3 is 5.97 Å². The van der Waals surface area contributed by atoms with Crippen molar-refractivity contribution in [3.63, 3.8) is 0 Å². The second-order valence-electron chi connectivity index (χ2n) is 3.57. The lowest BCUT2D eigenvalue weighted by Crippen LogP contribution is -2.78. The van der Waals surface area contributed by atoms with Crippen LogP contribution in [0.3, 0.4) is 0 Å². The molecular weight excluding hydrogens is 202 g/mol. The van der Waals surface area contributed by atoms with Crippen LogP contribution in [0.15, 0.2) is 0 Å². The zero-order valence-corrected chi connectivity index (χ0v) is 7.86. The van der Waals surface area contributed by atoms with Gasteiger partial charge in [-0.1, -0.05) is 0 Å². The predicted octanol–water partition coefficient (Wildman–Crippen LogP) is -3.71. The molecule has 0 aromatic heterocycles. The molecule has 8 heteroatoms. The Labute approximate surface area is 85.6 Å². The van der Waals surface area contributed by atoms with Crippen LogP contribution in [0, 0.1) is 0 Å². The van der Waals surface area contributed by atoms with Crippen molar-refractivity contribution in [2.24, 2.45) is 5.73 Å². The number of rotatable bonds is 1. The van der Waals surface area contributed by atoms with Crippen LogP contribution >= 0.6 is 0 Å². The van der Waals surface area contributed by atoms with Crippen molar-refractivity contribution in [2.75, 3.05) is 6.54 Å². The number of aliphatic carboxylic acids is 1. The fourth-order valence-electron chi connectivity index (χ4n) is 1.76. The minimum Gasteiger partial charge on any atom is -0.480 e. The summed E-state index contributed by atoms with van der Waals surface area (Å²) in [5.41, 5.74) is 5.50. The maximum Gasteiger partial charge on any atom is 0.322 e. The molecule has 2 fully saturated rings. The number of piperazine rings is 1. The van der Waals surface area contributed by atoms with E-state index in [4.69, 9.17) is 10.8 Å². The molecule has 0 saturated carbocycles. The molecule has 8 nitrogen and oxygen atoms in total. The van der Waals surface area contributed by atoms with Gasteiger partial charge in [-0.05, 0) is 0 Å². The summed E-state index contributed by atoms with van der Waals surface area (Å²) in [6.45, 7) is 0.209. The molecule has 0 bridgehead atoms. The molecule has 84 valence electrons. The Morgan fingerprint density at radius 3 is 2.87 bits per heavy atom. The highest BCUT2D eigenvalue weighted by Crippen LogP contribution is 2.04. The quantitative estimate of drug-likeness (QED) is 0.265. The van der Waals surface area contributed by atoms with Gasteiger partial charge in [0, 0.05) is 6.54 Å². The Kier molecular flexibility index (Phi) is 2.57. The second-order valence-corrected chi connectivity index (χ2v) is 3.57. The van der Waals surface area contributed by atoms with Crippen LogP contribution in [0.1, 0.15) is 0 Å². The number of hydrogen-bond acceptors (Lipinski definition) is 6. The van der Waals surface area contributed by atoms with E-state index in [-0.39, 0.29) is 12.5 Å². The van der Waals surface area contributed by atoms with Crippen molar-refractivity contribution >= 4 is 11.9 Å². The van der Waals surface area contributed by atoms with Crippen molar-refractivity contribution in [1.82, 2.24) is 21.3 Å². The lowest BCUT2D eigenvalue weighted by Gasteiger charge is -2.41. The lowest BCUT2D eigenvalue weighted by atomic mass is 10.1. The van der Waals surface area contributed by atoms with Crippen molar-refractivity contribution in [3.8, 4) is 0 Å². The van der Waals surface area contributed by atoms with Gasteiger partial charge in [-0.25, -0.2) is 0 Å². The molecule has 4 atom stereocenters. The van der Waals surface area contributed by atoms with E-state index in [2.05, 4.69) is 21.3 Å². The van der Waals surface area contributed by atoms with E-state index in [9.17, 15) is 9.59 Å². The first-order valence-corrected chi connectivity index (χ1v) is 4.62. The zero-order chi connectivity index (χ0) is 11.0. The van der Waals surface area contributed by atoms with E-state index in [1.165, 1.54) is 0 Å². The number of carboxylic acid groups (broad SMARTS) is 1. The number of hydrogen-bond donors (Lipinski definition) is 6. The number of fused-ring (bicyclic) bond motifs is 1. The summed E-state index contributed by atoms with van der Waals surface area (Å²) in [5, 5.41) is 19.8. The molecule has 2 aliphatic heterocycles. The molecule has 2 saturated heterocycles. The largest absolute Gasteiger partial charge is 0.480 e. The van der Waals surface area contributed by atoms with Gasteiger partial charge in [0.25, 0.3) is 0 Å². The Morgan fingerprint density at radius 2 is 2.20 bits per heavy atom. The maximum absolute atomic E-state index is 11.4. The monoisotopic (exact) mass is 215 g/mol. The molecule has 2 heterocycles. The molecule has 7 N–H and O–H groups in total. The summed E-state index contributed by atoms with van der Waals surface area (Å²) in [5.74, 6) is -1.19. The summed E-state index contributed by atoms with van der Waals surface area (Å²) >= 11 is 0. The normalized spacial score (nSPS) is 40.5. The summed E-state index contributed by atoms with van der Waals surface area (Å²) in [6.07, 6.45) is -1.11. The Hall–Kier alpha value is -1.22. The van der Waals surface area contributed by atoms with Crippen LogP contribution in [0.4, 0.5) is 0 Å². The molecule has 4 unspecified atom stereocenters. The number of nitrogens with two attached hydrogens (primary N) is 1. The van der Waals surface area contributed by atoms with Crippen LogP contribution in [0.2, 0.25) is 0 Å². The van der Waals surface area contributed by atoms with Crippen molar-refractivity contribution in [2.45, 2.75) is 24.5 Å². The molecule has 15 heavy (non-hydrogen) atoms. The lowest BCUT2D eigenvalue weighted by molar-refractivity contribution is -0.142. The Balaban J connectivity index is 2.06. The van der Waals surface area contributed by atoms with Crippen LogP contribution in [0.5, 0.6) is 0 Å². The summed E-state index contributed by atoms with van der Waals surface area (Å²) in [6, 6.07) is -1.20. The van der Waals surface area contributed by atoms with Crippen molar-refractivity contribution in [3.05, 3.63) is 0 Å². The highest BCUT2D eigenvalue weighted by atomic mass is 16.4. The molecule has 2 aliphatic rings. The number of nitrogens with one attached hydrogen (secondary N) is 4. The number of amides is 1. The summed E-state index contributed by atoms with van der Waals surface area (Å²) < 4.78 is 0. The van der Waals surface area contributed by atoms with E-state index >= 15 is 0 Å². The highest BCUT2D eigenvalue weighted by molar-refractivity contribution is 5.84. The molecule has 0 spiro atoms. The zero-order valence-electron chi connectivity index (χ0n) is 7.86. The Bertz CT molecular complexity index is 296.